The lowest BCUT2D eigenvalue weighted by Gasteiger charge is -2.14. The van der Waals surface area contributed by atoms with E-state index in [0.29, 0.717) is 6.61 Å². The number of ether oxygens (including phenoxy) is 2. The zero-order chi connectivity index (χ0) is 18.4. The van der Waals surface area contributed by atoms with Crippen LogP contribution in [0.5, 0.6) is 5.75 Å². The molecule has 2 aromatic rings. The van der Waals surface area contributed by atoms with Crippen LogP contribution < -0.4 is 9.46 Å². The highest BCUT2D eigenvalue weighted by molar-refractivity contribution is 7.92. The van der Waals surface area contributed by atoms with Crippen LogP contribution in [0.4, 0.5) is 5.69 Å². The Morgan fingerprint density at radius 3 is 2.52 bits per heavy atom. The molecule has 0 aliphatic carbocycles. The summed E-state index contributed by atoms with van der Waals surface area (Å²) in [6, 6.07) is 10.5. The number of nitrogens with one attached hydrogen (secondary N) is 1. The van der Waals surface area contributed by atoms with Gasteiger partial charge in [-0.2, -0.15) is 0 Å². The summed E-state index contributed by atoms with van der Waals surface area (Å²) in [7, 11) is -4.03. The molecule has 6 nitrogen and oxygen atoms in total. The molecule has 25 heavy (non-hydrogen) atoms. The van der Waals surface area contributed by atoms with Crippen molar-refractivity contribution in [2.75, 3.05) is 17.9 Å². The second kappa shape index (κ2) is 8.22. The number of halogens is 1. The highest BCUT2D eigenvalue weighted by atomic mass is 35.5. The number of carbonyl (C=O) groups is 1. The minimum atomic E-state index is -4.03. The third-order valence-electron chi connectivity index (χ3n) is 3.16. The van der Waals surface area contributed by atoms with Crippen molar-refractivity contribution in [3.8, 4) is 5.75 Å². The molecule has 0 radical (unpaired) electrons. The van der Waals surface area contributed by atoms with Crippen molar-refractivity contribution >= 4 is 33.3 Å². The van der Waals surface area contributed by atoms with Gasteiger partial charge in [0, 0.05) is 5.02 Å². The third-order valence-corrected chi connectivity index (χ3v) is 4.78. The van der Waals surface area contributed by atoms with Crippen LogP contribution in [0.2, 0.25) is 5.02 Å². The second-order valence-electron chi connectivity index (χ2n) is 4.90. The van der Waals surface area contributed by atoms with Crippen LogP contribution in [-0.4, -0.2) is 27.6 Å². The summed E-state index contributed by atoms with van der Waals surface area (Å²) in [5, 5.41) is 0.252. The number of para-hydroxylation sites is 1. The molecular formula is C17H18ClNO5S. The minimum Gasteiger partial charge on any atom is -0.492 e. The first kappa shape index (κ1) is 19.1. The quantitative estimate of drug-likeness (QED) is 0.737. The number of anilines is 1. The van der Waals surface area contributed by atoms with Crippen LogP contribution in [0.25, 0.3) is 0 Å². The summed E-state index contributed by atoms with van der Waals surface area (Å²) in [4.78, 5) is 11.9. The molecule has 0 saturated heterocycles. The zero-order valence-corrected chi connectivity index (χ0v) is 15.4. The van der Waals surface area contributed by atoms with E-state index in [2.05, 4.69) is 4.72 Å². The lowest BCUT2D eigenvalue weighted by molar-refractivity contribution is 0.0527. The number of benzene rings is 2. The lowest BCUT2D eigenvalue weighted by Crippen LogP contribution is -2.17. The smallest absolute Gasteiger partial charge is 0.340 e. The summed E-state index contributed by atoms with van der Waals surface area (Å²) < 4.78 is 38.3. The minimum absolute atomic E-state index is 0.111. The van der Waals surface area contributed by atoms with Crippen LogP contribution in [-0.2, 0) is 14.8 Å². The van der Waals surface area contributed by atoms with Crippen LogP contribution >= 0.6 is 11.6 Å². The van der Waals surface area contributed by atoms with Gasteiger partial charge < -0.3 is 9.47 Å². The molecule has 0 heterocycles. The van der Waals surface area contributed by atoms with Gasteiger partial charge in [-0.3, -0.25) is 4.72 Å². The summed E-state index contributed by atoms with van der Waals surface area (Å²) in [6.45, 7) is 3.89. The first-order chi connectivity index (χ1) is 11.9. The van der Waals surface area contributed by atoms with Crippen molar-refractivity contribution < 1.29 is 22.7 Å². The van der Waals surface area contributed by atoms with E-state index >= 15 is 0 Å². The highest BCUT2D eigenvalue weighted by Gasteiger charge is 2.23. The maximum absolute atomic E-state index is 12.8. The lowest BCUT2D eigenvalue weighted by atomic mass is 10.2. The predicted octanol–water partition coefficient (Wildman–Crippen LogP) is 3.72. The topological polar surface area (TPSA) is 81.7 Å². The molecule has 2 aromatic carbocycles. The van der Waals surface area contributed by atoms with Crippen molar-refractivity contribution in [2.24, 2.45) is 0 Å². The fraction of sp³-hybridized carbons (Fsp3) is 0.235. The second-order valence-corrected chi connectivity index (χ2v) is 6.98. The Morgan fingerprint density at radius 2 is 1.84 bits per heavy atom. The van der Waals surface area contributed by atoms with E-state index in [0.717, 1.165) is 0 Å². The molecule has 0 unspecified atom stereocenters. The van der Waals surface area contributed by atoms with Crippen LogP contribution in [0.1, 0.15) is 24.2 Å². The average molecular weight is 384 g/mol. The molecule has 0 saturated carbocycles. The molecule has 134 valence electrons. The molecule has 0 aromatic heterocycles. The van der Waals surface area contributed by atoms with Crippen molar-refractivity contribution in [1.29, 1.82) is 0 Å². The molecule has 0 spiro atoms. The van der Waals surface area contributed by atoms with Gasteiger partial charge in [0.25, 0.3) is 10.0 Å². The molecule has 2 rings (SSSR count). The van der Waals surface area contributed by atoms with E-state index < -0.39 is 16.0 Å². The number of carbonyl (C=O) groups excluding carboxylic acids is 1. The SMILES string of the molecule is CCOC(=O)c1ccccc1NS(=O)(=O)c1cc(Cl)ccc1OCC. The van der Waals surface area contributed by atoms with Crippen molar-refractivity contribution in [1.82, 2.24) is 0 Å². The Hall–Kier alpha value is -2.25. The van der Waals surface area contributed by atoms with Gasteiger partial charge >= 0.3 is 5.97 Å². The third kappa shape index (κ3) is 4.64. The van der Waals surface area contributed by atoms with E-state index in [4.69, 9.17) is 21.1 Å². The van der Waals surface area contributed by atoms with Crippen molar-refractivity contribution in [3.05, 3.63) is 53.1 Å². The van der Waals surface area contributed by atoms with Crippen LogP contribution in [0.3, 0.4) is 0 Å². The van der Waals surface area contributed by atoms with Gasteiger partial charge in [0.15, 0.2) is 0 Å². The van der Waals surface area contributed by atoms with E-state index in [-0.39, 0.29) is 33.5 Å². The molecule has 0 aliphatic rings. The molecule has 0 bridgehead atoms. The summed E-state index contributed by atoms with van der Waals surface area (Å²) in [6.07, 6.45) is 0. The Kier molecular flexibility index (Phi) is 6.27. The molecule has 1 N–H and O–H groups in total. The highest BCUT2D eigenvalue weighted by Crippen LogP contribution is 2.30. The Balaban J connectivity index is 2.44. The molecule has 0 aliphatic heterocycles. The van der Waals surface area contributed by atoms with Gasteiger partial charge in [-0.15, -0.1) is 0 Å². The van der Waals surface area contributed by atoms with E-state index in [1.165, 1.54) is 30.3 Å². The molecule has 0 atom stereocenters. The maximum atomic E-state index is 12.8. The Bertz CT molecular complexity index is 867. The van der Waals surface area contributed by atoms with Crippen LogP contribution in [0.15, 0.2) is 47.4 Å². The zero-order valence-electron chi connectivity index (χ0n) is 13.8. The fourth-order valence-electron chi connectivity index (χ4n) is 2.13. The number of esters is 1. The Labute approximate surface area is 151 Å². The first-order valence-corrected chi connectivity index (χ1v) is 9.46. The van der Waals surface area contributed by atoms with Gasteiger partial charge in [-0.25, -0.2) is 13.2 Å². The number of hydrogen-bond acceptors (Lipinski definition) is 5. The monoisotopic (exact) mass is 383 g/mol. The normalized spacial score (nSPS) is 11.0. The molecule has 0 amide bonds. The number of sulfonamides is 1. The predicted molar refractivity (Wildman–Crippen MR) is 95.8 cm³/mol. The fourth-order valence-corrected chi connectivity index (χ4v) is 3.61. The van der Waals surface area contributed by atoms with Gasteiger partial charge in [0.2, 0.25) is 0 Å². The Morgan fingerprint density at radius 1 is 1.12 bits per heavy atom. The van der Waals surface area contributed by atoms with Crippen molar-refractivity contribution in [2.45, 2.75) is 18.7 Å². The molecular weight excluding hydrogens is 366 g/mol. The van der Waals surface area contributed by atoms with E-state index in [1.807, 2.05) is 0 Å². The van der Waals surface area contributed by atoms with Gasteiger partial charge in [0.05, 0.1) is 24.5 Å². The van der Waals surface area contributed by atoms with E-state index in [9.17, 15) is 13.2 Å². The van der Waals surface area contributed by atoms with Crippen molar-refractivity contribution in [3.63, 3.8) is 0 Å². The van der Waals surface area contributed by atoms with Crippen LogP contribution in [0, 0.1) is 0 Å². The maximum Gasteiger partial charge on any atom is 0.340 e. The van der Waals surface area contributed by atoms with E-state index in [1.54, 1.807) is 26.0 Å². The molecule has 8 heteroatoms. The van der Waals surface area contributed by atoms with Gasteiger partial charge in [-0.05, 0) is 44.2 Å². The van der Waals surface area contributed by atoms with Gasteiger partial charge in [-0.1, -0.05) is 23.7 Å². The summed E-state index contributed by atoms with van der Waals surface area (Å²) in [5.74, 6) is -0.440. The number of hydrogen-bond donors (Lipinski definition) is 1. The summed E-state index contributed by atoms with van der Waals surface area (Å²) >= 11 is 5.93. The summed E-state index contributed by atoms with van der Waals surface area (Å²) in [5.41, 5.74) is 0.233. The standard InChI is InChI=1S/C17H18ClNO5S/c1-3-23-15-10-9-12(18)11-16(15)25(21,22)19-14-8-6-5-7-13(14)17(20)24-4-2/h5-11,19H,3-4H2,1-2H3. The largest absolute Gasteiger partial charge is 0.492 e. The first-order valence-electron chi connectivity index (χ1n) is 7.60. The average Bonchev–Trinajstić information content (AvgIpc) is 2.57. The number of rotatable bonds is 7. The van der Waals surface area contributed by atoms with Gasteiger partial charge in [0.1, 0.15) is 10.6 Å². The molecule has 0 fully saturated rings.